The molecule has 1 saturated heterocycles. The van der Waals surface area contributed by atoms with Crippen LogP contribution >= 0.6 is 0 Å². The van der Waals surface area contributed by atoms with Crippen molar-refractivity contribution in [2.45, 2.75) is 32.1 Å². The van der Waals surface area contributed by atoms with Crippen molar-refractivity contribution in [3.8, 4) is 23.2 Å². The van der Waals surface area contributed by atoms with Crippen molar-refractivity contribution >= 4 is 17.1 Å². The molecule has 4 aromatic heterocycles. The summed E-state index contributed by atoms with van der Waals surface area (Å²) in [5.74, 6) is -0.618. The normalized spacial score (nSPS) is 14.4. The van der Waals surface area contributed by atoms with Crippen LogP contribution in [0.15, 0.2) is 66.9 Å². The van der Waals surface area contributed by atoms with E-state index in [-0.39, 0.29) is 24.8 Å². The average molecular weight is 551 g/mol. The van der Waals surface area contributed by atoms with Crippen LogP contribution in [0, 0.1) is 17.1 Å². The van der Waals surface area contributed by atoms with Gasteiger partial charge in [-0.3, -0.25) is 4.98 Å². The van der Waals surface area contributed by atoms with E-state index in [9.17, 15) is 9.90 Å². The number of rotatable bonds is 9. The van der Waals surface area contributed by atoms with E-state index in [1.54, 1.807) is 48.5 Å². The number of imidazole rings is 1. The monoisotopic (exact) mass is 550 g/mol. The number of carboxylic acids is 1. The number of benzene rings is 1. The number of nitriles is 1. The van der Waals surface area contributed by atoms with Gasteiger partial charge in [0.25, 0.3) is 0 Å². The van der Waals surface area contributed by atoms with Crippen LogP contribution in [0.3, 0.4) is 0 Å². The summed E-state index contributed by atoms with van der Waals surface area (Å²) in [6.07, 6.45) is 2.51. The Morgan fingerprint density at radius 2 is 2.02 bits per heavy atom. The smallest absolute Gasteiger partial charge is 0.354 e. The van der Waals surface area contributed by atoms with Gasteiger partial charge in [0, 0.05) is 30.9 Å². The zero-order valence-corrected chi connectivity index (χ0v) is 21.7. The second kappa shape index (κ2) is 11.1. The Hall–Kier alpha value is -5.21. The summed E-state index contributed by atoms with van der Waals surface area (Å²) in [5.41, 5.74) is 3.56. The molecular weight excluding hydrogens is 527 g/mol. The molecule has 1 aliphatic rings. The quantitative estimate of drug-likeness (QED) is 0.280. The summed E-state index contributed by atoms with van der Waals surface area (Å²) in [6, 6.07) is 18.6. The van der Waals surface area contributed by atoms with Crippen LogP contribution in [-0.2, 0) is 24.3 Å². The highest BCUT2D eigenvalue weighted by Crippen LogP contribution is 2.26. The molecule has 1 N–H and O–H groups in total. The Morgan fingerprint density at radius 1 is 1.15 bits per heavy atom. The lowest BCUT2D eigenvalue weighted by Crippen LogP contribution is -2.32. The number of aromatic carboxylic acids is 1. The summed E-state index contributed by atoms with van der Waals surface area (Å²) in [4.78, 5) is 29.1. The van der Waals surface area contributed by atoms with Crippen molar-refractivity contribution in [1.29, 1.82) is 5.26 Å². The molecule has 1 fully saturated rings. The molecule has 1 aliphatic heterocycles. The number of ether oxygens (including phenoxy) is 2. The third-order valence-electron chi connectivity index (χ3n) is 6.81. The van der Waals surface area contributed by atoms with Crippen LogP contribution in [0.5, 0.6) is 5.88 Å². The summed E-state index contributed by atoms with van der Waals surface area (Å²) in [5, 5.41) is 18.3. The Kier molecular flexibility index (Phi) is 7.06. The van der Waals surface area contributed by atoms with Crippen molar-refractivity contribution in [3.63, 3.8) is 0 Å². The van der Waals surface area contributed by atoms with E-state index in [4.69, 9.17) is 14.7 Å². The van der Waals surface area contributed by atoms with Crippen LogP contribution in [0.4, 0.5) is 4.39 Å². The zero-order chi connectivity index (χ0) is 28.3. The summed E-state index contributed by atoms with van der Waals surface area (Å²) in [7, 11) is 0. The van der Waals surface area contributed by atoms with Crippen molar-refractivity contribution in [1.82, 2.24) is 24.5 Å². The first-order chi connectivity index (χ1) is 20.0. The molecule has 0 amide bonds. The van der Waals surface area contributed by atoms with Gasteiger partial charge in [0.05, 0.1) is 29.6 Å². The molecular formula is C30H23FN6O4. The van der Waals surface area contributed by atoms with E-state index in [1.165, 1.54) is 18.3 Å². The Balaban J connectivity index is 1.22. The van der Waals surface area contributed by atoms with Crippen LogP contribution in [-0.4, -0.2) is 48.3 Å². The van der Waals surface area contributed by atoms with Crippen LogP contribution < -0.4 is 4.74 Å². The predicted octanol–water partition coefficient (Wildman–Crippen LogP) is 4.56. The highest BCUT2D eigenvalue weighted by atomic mass is 19.1. The molecule has 6 rings (SSSR count). The van der Waals surface area contributed by atoms with Crippen LogP contribution in [0.25, 0.3) is 22.4 Å². The van der Waals surface area contributed by atoms with E-state index >= 15 is 4.39 Å². The maximum atomic E-state index is 15.4. The van der Waals surface area contributed by atoms with Gasteiger partial charge in [0.15, 0.2) is 11.3 Å². The number of pyridine rings is 3. The third-order valence-corrected chi connectivity index (χ3v) is 6.81. The SMILES string of the molecule is N#Cc1ccc(COc2cccc(-c3ccc(Cc4nc5ccc(C(=O)O)nc5n4CC4CCO4)c(F)c3)n2)nc1. The van der Waals surface area contributed by atoms with Gasteiger partial charge in [-0.1, -0.05) is 18.2 Å². The molecule has 0 bridgehead atoms. The molecule has 0 saturated carbocycles. The second-order valence-corrected chi connectivity index (χ2v) is 9.55. The second-order valence-electron chi connectivity index (χ2n) is 9.55. The van der Waals surface area contributed by atoms with Gasteiger partial charge in [0.1, 0.15) is 29.8 Å². The van der Waals surface area contributed by atoms with E-state index < -0.39 is 11.8 Å². The molecule has 204 valence electrons. The number of hydrogen-bond donors (Lipinski definition) is 1. The first-order valence-electron chi connectivity index (χ1n) is 12.9. The minimum Gasteiger partial charge on any atom is -0.477 e. The number of carbonyl (C=O) groups is 1. The van der Waals surface area contributed by atoms with E-state index in [2.05, 4.69) is 19.9 Å². The van der Waals surface area contributed by atoms with Gasteiger partial charge in [-0.15, -0.1) is 0 Å². The zero-order valence-electron chi connectivity index (χ0n) is 21.7. The molecule has 10 nitrogen and oxygen atoms in total. The lowest BCUT2D eigenvalue weighted by Gasteiger charge is -2.27. The van der Waals surface area contributed by atoms with Crippen LogP contribution in [0.1, 0.15) is 39.6 Å². The molecule has 41 heavy (non-hydrogen) atoms. The first kappa shape index (κ1) is 26.0. The molecule has 1 aromatic carbocycles. The molecule has 0 spiro atoms. The van der Waals surface area contributed by atoms with Gasteiger partial charge in [-0.2, -0.15) is 5.26 Å². The van der Waals surface area contributed by atoms with Crippen LogP contribution in [0.2, 0.25) is 0 Å². The fraction of sp³-hybridized carbons (Fsp3) is 0.200. The van der Waals surface area contributed by atoms with Gasteiger partial charge < -0.3 is 19.1 Å². The lowest BCUT2D eigenvalue weighted by molar-refractivity contribution is -0.0590. The van der Waals surface area contributed by atoms with Gasteiger partial charge in [-0.05, 0) is 48.4 Å². The predicted molar refractivity (Wildman–Crippen MR) is 145 cm³/mol. The van der Waals surface area contributed by atoms with Gasteiger partial charge in [0.2, 0.25) is 5.88 Å². The van der Waals surface area contributed by atoms with Gasteiger partial charge >= 0.3 is 5.97 Å². The van der Waals surface area contributed by atoms with Crippen molar-refractivity contribution in [3.05, 3.63) is 101 Å². The average Bonchev–Trinajstić information content (AvgIpc) is 3.31. The van der Waals surface area contributed by atoms with Crippen molar-refractivity contribution < 1.29 is 23.8 Å². The highest BCUT2D eigenvalue weighted by molar-refractivity contribution is 5.88. The summed E-state index contributed by atoms with van der Waals surface area (Å²) < 4.78 is 28.6. The molecule has 0 radical (unpaired) electrons. The number of fused-ring (bicyclic) bond motifs is 1. The number of hydrogen-bond acceptors (Lipinski definition) is 8. The molecule has 5 aromatic rings. The van der Waals surface area contributed by atoms with E-state index in [1.807, 2.05) is 10.6 Å². The molecule has 0 aliphatic carbocycles. The van der Waals surface area contributed by atoms with E-state index in [0.29, 0.717) is 64.1 Å². The molecule has 5 heterocycles. The number of halogens is 1. The summed E-state index contributed by atoms with van der Waals surface area (Å²) >= 11 is 0. The standard InChI is InChI=1S/C30H23FN6O4/c31-23-12-20(24-2-1-3-28(35-24)41-17-21-7-4-18(14-32)15-33-21)6-5-19(23)13-27-34-25-8-9-26(30(38)39)36-29(25)37(27)16-22-10-11-40-22/h1-9,12,15,22H,10-11,13,16-17H2,(H,38,39). The Labute approximate surface area is 233 Å². The van der Waals surface area contributed by atoms with E-state index in [0.717, 1.165) is 6.42 Å². The fourth-order valence-corrected chi connectivity index (χ4v) is 4.53. The minimum atomic E-state index is -1.13. The third kappa shape index (κ3) is 5.59. The number of carboxylic acid groups (broad SMARTS) is 1. The lowest BCUT2D eigenvalue weighted by atomic mass is 10.1. The first-order valence-corrected chi connectivity index (χ1v) is 12.9. The van der Waals surface area contributed by atoms with Crippen molar-refractivity contribution in [2.24, 2.45) is 0 Å². The topological polar surface area (TPSA) is 136 Å². The Bertz CT molecular complexity index is 1790. The molecule has 1 atom stereocenters. The Morgan fingerprint density at radius 3 is 2.73 bits per heavy atom. The largest absolute Gasteiger partial charge is 0.477 e. The fourth-order valence-electron chi connectivity index (χ4n) is 4.53. The highest BCUT2D eigenvalue weighted by Gasteiger charge is 2.23. The van der Waals surface area contributed by atoms with Gasteiger partial charge in [-0.25, -0.2) is 24.1 Å². The number of aromatic nitrogens is 5. The molecule has 1 unspecified atom stereocenters. The minimum absolute atomic E-state index is 0.0260. The van der Waals surface area contributed by atoms with Crippen molar-refractivity contribution in [2.75, 3.05) is 6.61 Å². The molecule has 11 heteroatoms. The number of nitrogens with zero attached hydrogens (tertiary/aromatic N) is 6. The summed E-state index contributed by atoms with van der Waals surface area (Å²) in [6.45, 7) is 1.30. The maximum absolute atomic E-state index is 15.4. The maximum Gasteiger partial charge on any atom is 0.354 e.